The Bertz CT molecular complexity index is 539. The van der Waals surface area contributed by atoms with Crippen LogP contribution in [0.5, 0.6) is 0 Å². The van der Waals surface area contributed by atoms with Gasteiger partial charge in [-0.05, 0) is 36.9 Å². The van der Waals surface area contributed by atoms with Crippen LogP contribution in [0.25, 0.3) is 0 Å². The van der Waals surface area contributed by atoms with Crippen LogP contribution < -0.4 is 10.5 Å². The van der Waals surface area contributed by atoms with Gasteiger partial charge in [0.15, 0.2) is 0 Å². The van der Waals surface area contributed by atoms with Crippen LogP contribution in [0.15, 0.2) is 29.2 Å². The minimum absolute atomic E-state index is 0.168. The zero-order chi connectivity index (χ0) is 13.9. The Hall–Kier alpha value is -0.980. The van der Waals surface area contributed by atoms with Crippen molar-refractivity contribution in [2.24, 2.45) is 11.1 Å². The highest BCUT2D eigenvalue weighted by Gasteiger charge is 2.34. The minimum atomic E-state index is -3.81. The van der Waals surface area contributed by atoms with Crippen LogP contribution in [0.4, 0.5) is 4.39 Å². The van der Waals surface area contributed by atoms with E-state index in [-0.39, 0.29) is 16.9 Å². The number of halogens is 1. The second-order valence-corrected chi connectivity index (χ2v) is 6.90. The molecular weight excluding hydrogens is 267 g/mol. The number of hydrogen-bond donors (Lipinski definition) is 2. The molecule has 1 aliphatic rings. The summed E-state index contributed by atoms with van der Waals surface area (Å²) in [5.41, 5.74) is 5.59. The third kappa shape index (κ3) is 3.13. The summed E-state index contributed by atoms with van der Waals surface area (Å²) in [5, 5.41) is 0. The van der Waals surface area contributed by atoms with Crippen LogP contribution in [0.2, 0.25) is 0 Å². The summed E-state index contributed by atoms with van der Waals surface area (Å²) in [6.07, 6.45) is 3.98. The van der Waals surface area contributed by atoms with Crippen molar-refractivity contribution in [1.29, 1.82) is 0 Å². The second-order valence-electron chi connectivity index (χ2n) is 5.17. The van der Waals surface area contributed by atoms with Gasteiger partial charge in [0.05, 0.1) is 0 Å². The summed E-state index contributed by atoms with van der Waals surface area (Å²) in [7, 11) is -3.81. The van der Waals surface area contributed by atoms with Gasteiger partial charge in [0.25, 0.3) is 0 Å². The number of sulfonamides is 1. The molecule has 0 aromatic heterocycles. The van der Waals surface area contributed by atoms with Crippen LogP contribution in [-0.2, 0) is 10.0 Å². The lowest BCUT2D eigenvalue weighted by Gasteiger charge is -2.27. The standard InChI is InChI=1S/C13H19FN2O2S/c14-11-5-1-2-6-12(11)19(17,18)16-10-13(9-15)7-3-4-8-13/h1-2,5-6,16H,3-4,7-10,15H2. The number of nitrogens with two attached hydrogens (primary N) is 1. The maximum absolute atomic E-state index is 13.5. The molecule has 1 fully saturated rings. The van der Waals surface area contributed by atoms with Crippen molar-refractivity contribution in [3.8, 4) is 0 Å². The summed E-state index contributed by atoms with van der Waals surface area (Å²) in [5.74, 6) is -0.733. The molecule has 0 amide bonds. The molecule has 0 atom stereocenters. The van der Waals surface area contributed by atoms with E-state index in [4.69, 9.17) is 5.73 Å². The largest absolute Gasteiger partial charge is 0.330 e. The Morgan fingerprint density at radius 2 is 1.89 bits per heavy atom. The van der Waals surface area contributed by atoms with Crippen molar-refractivity contribution >= 4 is 10.0 Å². The fourth-order valence-electron chi connectivity index (χ4n) is 2.57. The van der Waals surface area contributed by atoms with Crippen molar-refractivity contribution in [3.05, 3.63) is 30.1 Å². The Morgan fingerprint density at radius 3 is 2.47 bits per heavy atom. The average Bonchev–Trinajstić information content (AvgIpc) is 2.86. The molecule has 1 saturated carbocycles. The lowest BCUT2D eigenvalue weighted by atomic mass is 9.87. The van der Waals surface area contributed by atoms with Gasteiger partial charge in [-0.1, -0.05) is 25.0 Å². The minimum Gasteiger partial charge on any atom is -0.330 e. The van der Waals surface area contributed by atoms with Crippen molar-refractivity contribution in [2.45, 2.75) is 30.6 Å². The molecule has 1 aromatic carbocycles. The molecule has 0 spiro atoms. The summed E-state index contributed by atoms with van der Waals surface area (Å²) in [6, 6.07) is 5.38. The Labute approximate surface area is 113 Å². The van der Waals surface area contributed by atoms with Crippen LogP contribution >= 0.6 is 0 Å². The maximum Gasteiger partial charge on any atom is 0.243 e. The van der Waals surface area contributed by atoms with Gasteiger partial charge < -0.3 is 5.73 Å². The molecule has 4 nitrogen and oxygen atoms in total. The van der Waals surface area contributed by atoms with Crippen molar-refractivity contribution in [2.75, 3.05) is 13.1 Å². The fourth-order valence-corrected chi connectivity index (χ4v) is 3.80. The number of rotatable bonds is 5. The maximum atomic E-state index is 13.5. The van der Waals surface area contributed by atoms with Gasteiger partial charge in [-0.3, -0.25) is 0 Å². The summed E-state index contributed by atoms with van der Waals surface area (Å²) < 4.78 is 40.2. The van der Waals surface area contributed by atoms with Gasteiger partial charge in [0.1, 0.15) is 10.7 Å². The zero-order valence-electron chi connectivity index (χ0n) is 10.7. The Kier molecular flexibility index (Phi) is 4.23. The summed E-state index contributed by atoms with van der Waals surface area (Å²) in [4.78, 5) is -0.305. The average molecular weight is 286 g/mol. The summed E-state index contributed by atoms with van der Waals surface area (Å²) >= 11 is 0. The molecule has 0 heterocycles. The number of nitrogens with one attached hydrogen (secondary N) is 1. The van der Waals surface area contributed by atoms with Crippen LogP contribution in [0.1, 0.15) is 25.7 Å². The summed E-state index contributed by atoms with van der Waals surface area (Å²) in [6.45, 7) is 0.729. The van der Waals surface area contributed by atoms with Crippen molar-refractivity contribution < 1.29 is 12.8 Å². The van der Waals surface area contributed by atoms with E-state index in [0.717, 1.165) is 31.7 Å². The first-order chi connectivity index (χ1) is 8.99. The Morgan fingerprint density at radius 1 is 1.26 bits per heavy atom. The molecule has 0 radical (unpaired) electrons. The number of hydrogen-bond acceptors (Lipinski definition) is 3. The van der Waals surface area contributed by atoms with Gasteiger partial charge in [-0.15, -0.1) is 0 Å². The van der Waals surface area contributed by atoms with E-state index in [1.54, 1.807) is 0 Å². The van der Waals surface area contributed by atoms with Gasteiger partial charge >= 0.3 is 0 Å². The molecule has 2 rings (SSSR count). The first-order valence-corrected chi connectivity index (χ1v) is 7.92. The van der Waals surface area contributed by atoms with Gasteiger partial charge in [0, 0.05) is 6.54 Å². The molecule has 1 aromatic rings. The van der Waals surface area contributed by atoms with E-state index in [1.165, 1.54) is 18.2 Å². The first-order valence-electron chi connectivity index (χ1n) is 6.43. The zero-order valence-corrected chi connectivity index (χ0v) is 11.5. The number of benzene rings is 1. The highest BCUT2D eigenvalue weighted by atomic mass is 32.2. The first kappa shape index (κ1) is 14.4. The molecule has 1 aliphatic carbocycles. The molecule has 0 saturated heterocycles. The van der Waals surface area contributed by atoms with E-state index in [1.807, 2.05) is 0 Å². The van der Waals surface area contributed by atoms with E-state index in [2.05, 4.69) is 4.72 Å². The van der Waals surface area contributed by atoms with Crippen molar-refractivity contribution in [3.63, 3.8) is 0 Å². The van der Waals surface area contributed by atoms with E-state index >= 15 is 0 Å². The SMILES string of the molecule is NCC1(CNS(=O)(=O)c2ccccc2F)CCCC1. The molecule has 0 bridgehead atoms. The van der Waals surface area contributed by atoms with Crippen molar-refractivity contribution in [1.82, 2.24) is 4.72 Å². The van der Waals surface area contributed by atoms with E-state index in [9.17, 15) is 12.8 Å². The van der Waals surface area contributed by atoms with E-state index < -0.39 is 15.8 Å². The highest BCUT2D eigenvalue weighted by Crippen LogP contribution is 2.36. The van der Waals surface area contributed by atoms with Crippen LogP contribution in [-0.4, -0.2) is 21.5 Å². The molecule has 3 N–H and O–H groups in total. The van der Waals surface area contributed by atoms with Gasteiger partial charge in [-0.25, -0.2) is 17.5 Å². The van der Waals surface area contributed by atoms with E-state index in [0.29, 0.717) is 6.54 Å². The molecule has 0 aliphatic heterocycles. The smallest absolute Gasteiger partial charge is 0.243 e. The molecule has 0 unspecified atom stereocenters. The fraction of sp³-hybridized carbons (Fsp3) is 0.538. The third-order valence-corrected chi connectivity index (χ3v) is 5.30. The lowest BCUT2D eigenvalue weighted by Crippen LogP contribution is -2.40. The second kappa shape index (κ2) is 5.56. The molecule has 106 valence electrons. The molecular formula is C13H19FN2O2S. The predicted molar refractivity (Wildman–Crippen MR) is 71.5 cm³/mol. The normalized spacial score (nSPS) is 18.6. The molecule has 19 heavy (non-hydrogen) atoms. The highest BCUT2D eigenvalue weighted by molar-refractivity contribution is 7.89. The third-order valence-electron chi connectivity index (χ3n) is 3.86. The topological polar surface area (TPSA) is 72.2 Å². The lowest BCUT2D eigenvalue weighted by molar-refractivity contribution is 0.309. The molecule has 6 heteroatoms. The predicted octanol–water partition coefficient (Wildman–Crippen LogP) is 1.62. The quantitative estimate of drug-likeness (QED) is 0.864. The Balaban J connectivity index is 2.12. The van der Waals surface area contributed by atoms with Crippen LogP contribution in [0, 0.1) is 11.2 Å². The van der Waals surface area contributed by atoms with Gasteiger partial charge in [0.2, 0.25) is 10.0 Å². The van der Waals surface area contributed by atoms with Gasteiger partial charge in [-0.2, -0.15) is 0 Å². The van der Waals surface area contributed by atoms with Crippen LogP contribution in [0.3, 0.4) is 0 Å². The monoisotopic (exact) mass is 286 g/mol.